The van der Waals surface area contributed by atoms with Gasteiger partial charge in [0.25, 0.3) is 0 Å². The summed E-state index contributed by atoms with van der Waals surface area (Å²) in [5.41, 5.74) is 0. The second-order valence-corrected chi connectivity index (χ2v) is 5.17. The lowest BCUT2D eigenvalue weighted by Crippen LogP contribution is -2.10. The molecule has 0 aliphatic heterocycles. The second-order valence-electron chi connectivity index (χ2n) is 4.78. The maximum absolute atomic E-state index is 5.22. The van der Waals surface area contributed by atoms with Gasteiger partial charge >= 0.3 is 0 Å². The molecule has 0 atom stereocenters. The molecule has 0 saturated heterocycles. The van der Waals surface area contributed by atoms with Crippen molar-refractivity contribution in [2.75, 3.05) is 13.7 Å². The molecule has 0 unspecified atom stereocenters. The van der Waals surface area contributed by atoms with Crippen molar-refractivity contribution in [3.05, 3.63) is 10.6 Å². The fourth-order valence-electron chi connectivity index (χ4n) is 2.59. The second kappa shape index (κ2) is 6.31. The monoisotopic (exact) mass is 255 g/mol. The summed E-state index contributed by atoms with van der Waals surface area (Å²) in [4.78, 5) is 0. The van der Waals surface area contributed by atoms with Crippen LogP contribution in [0.4, 0.5) is 0 Å². The molecule has 0 spiro atoms. The van der Waals surface area contributed by atoms with Gasteiger partial charge in [-0.1, -0.05) is 25.7 Å². The first-order chi connectivity index (χ1) is 8.31. The van der Waals surface area contributed by atoms with Crippen molar-refractivity contribution < 1.29 is 4.74 Å². The van der Waals surface area contributed by atoms with Crippen LogP contribution in [0.25, 0.3) is 0 Å². The van der Waals surface area contributed by atoms with Crippen molar-refractivity contribution in [2.24, 2.45) is 5.92 Å². The molecule has 1 aromatic rings. The van der Waals surface area contributed by atoms with E-state index in [4.69, 9.17) is 17.0 Å². The number of aromatic nitrogens is 3. The number of ether oxygens (including phenoxy) is 1. The average molecular weight is 255 g/mol. The van der Waals surface area contributed by atoms with E-state index in [1.807, 2.05) is 0 Å². The molecule has 96 valence electrons. The Morgan fingerprint density at radius 3 is 2.94 bits per heavy atom. The third-order valence-electron chi connectivity index (χ3n) is 3.61. The van der Waals surface area contributed by atoms with Crippen LogP contribution < -0.4 is 0 Å². The molecule has 1 aliphatic rings. The van der Waals surface area contributed by atoms with E-state index in [1.165, 1.54) is 32.1 Å². The van der Waals surface area contributed by atoms with Crippen molar-refractivity contribution in [3.8, 4) is 0 Å². The molecule has 0 amide bonds. The van der Waals surface area contributed by atoms with Crippen LogP contribution in [0, 0.1) is 10.7 Å². The molecule has 1 N–H and O–H groups in total. The lowest BCUT2D eigenvalue weighted by Gasteiger charge is -2.09. The Morgan fingerprint density at radius 1 is 1.47 bits per heavy atom. The molecule has 1 aliphatic carbocycles. The van der Waals surface area contributed by atoms with Gasteiger partial charge in [-0.2, -0.15) is 5.10 Å². The van der Waals surface area contributed by atoms with Crippen LogP contribution in [-0.2, 0) is 17.7 Å². The van der Waals surface area contributed by atoms with Gasteiger partial charge in [0, 0.05) is 20.1 Å². The Hall–Kier alpha value is -0.680. The first kappa shape index (κ1) is 12.8. The Morgan fingerprint density at radius 2 is 2.24 bits per heavy atom. The van der Waals surface area contributed by atoms with Crippen LogP contribution in [0.5, 0.6) is 0 Å². The highest BCUT2D eigenvalue weighted by atomic mass is 32.1. The summed E-state index contributed by atoms with van der Waals surface area (Å²) in [6.45, 7) is 1.48. The zero-order chi connectivity index (χ0) is 12.1. The van der Waals surface area contributed by atoms with E-state index in [0.29, 0.717) is 11.4 Å². The van der Waals surface area contributed by atoms with Crippen molar-refractivity contribution in [1.82, 2.24) is 14.8 Å². The molecule has 1 saturated carbocycles. The van der Waals surface area contributed by atoms with E-state index < -0.39 is 0 Å². The van der Waals surface area contributed by atoms with Gasteiger partial charge in [-0.25, -0.2) is 0 Å². The fourth-order valence-corrected chi connectivity index (χ4v) is 2.83. The molecule has 0 aromatic carbocycles. The number of hydrogen-bond acceptors (Lipinski definition) is 3. The third kappa shape index (κ3) is 3.39. The average Bonchev–Trinajstić information content (AvgIpc) is 2.94. The van der Waals surface area contributed by atoms with Crippen LogP contribution in [-0.4, -0.2) is 28.5 Å². The van der Waals surface area contributed by atoms with Crippen LogP contribution in [0.15, 0.2) is 0 Å². The molecule has 4 nitrogen and oxygen atoms in total. The van der Waals surface area contributed by atoms with Gasteiger partial charge in [0.15, 0.2) is 4.77 Å². The molecule has 17 heavy (non-hydrogen) atoms. The first-order valence-electron chi connectivity index (χ1n) is 6.44. The summed E-state index contributed by atoms with van der Waals surface area (Å²) >= 11 is 5.22. The van der Waals surface area contributed by atoms with Gasteiger partial charge in [0.1, 0.15) is 5.82 Å². The van der Waals surface area contributed by atoms with Crippen molar-refractivity contribution in [3.63, 3.8) is 0 Å². The zero-order valence-corrected chi connectivity index (χ0v) is 11.3. The molecule has 1 aromatic heterocycles. The lowest BCUT2D eigenvalue weighted by molar-refractivity contribution is 0.185. The van der Waals surface area contributed by atoms with Gasteiger partial charge < -0.3 is 9.30 Å². The van der Waals surface area contributed by atoms with Crippen LogP contribution in [0.2, 0.25) is 0 Å². The number of methoxy groups -OCH3 is 1. The maximum Gasteiger partial charge on any atom is 0.195 e. The lowest BCUT2D eigenvalue weighted by atomic mass is 10.0. The van der Waals surface area contributed by atoms with E-state index >= 15 is 0 Å². The summed E-state index contributed by atoms with van der Waals surface area (Å²) in [7, 11) is 1.71. The molecule has 5 heteroatoms. The van der Waals surface area contributed by atoms with E-state index in [0.717, 1.165) is 24.7 Å². The van der Waals surface area contributed by atoms with E-state index in [9.17, 15) is 0 Å². The molecular weight excluding hydrogens is 234 g/mol. The van der Waals surface area contributed by atoms with E-state index in [2.05, 4.69) is 14.8 Å². The van der Waals surface area contributed by atoms with E-state index in [1.54, 1.807) is 7.11 Å². The van der Waals surface area contributed by atoms with Crippen molar-refractivity contribution >= 4 is 12.2 Å². The molecule has 2 rings (SSSR count). The number of hydrogen-bond donors (Lipinski definition) is 1. The third-order valence-corrected chi connectivity index (χ3v) is 3.92. The molecule has 0 radical (unpaired) electrons. The number of H-pyrrole nitrogens is 1. The number of nitrogens with one attached hydrogen (secondary N) is 1. The summed E-state index contributed by atoms with van der Waals surface area (Å²) in [5, 5.41) is 7.20. The summed E-state index contributed by atoms with van der Waals surface area (Å²) in [6.07, 6.45) is 7.86. The molecular formula is C12H21N3OS. The minimum atomic E-state index is 0.685. The molecule has 1 heterocycles. The largest absolute Gasteiger partial charge is 0.383 e. The fraction of sp³-hybridized carbons (Fsp3) is 0.833. The SMILES string of the molecule is COCCn1c(CCC2CCCC2)n[nH]c1=S. The smallest absolute Gasteiger partial charge is 0.195 e. The summed E-state index contributed by atoms with van der Waals surface area (Å²) < 4.78 is 7.87. The zero-order valence-electron chi connectivity index (χ0n) is 10.4. The summed E-state index contributed by atoms with van der Waals surface area (Å²) in [5.74, 6) is 1.98. The first-order valence-corrected chi connectivity index (χ1v) is 6.85. The Bertz CT molecular complexity index is 393. The normalized spacial score (nSPS) is 16.8. The van der Waals surface area contributed by atoms with Crippen LogP contribution >= 0.6 is 12.2 Å². The highest BCUT2D eigenvalue weighted by molar-refractivity contribution is 7.71. The number of nitrogens with zero attached hydrogens (tertiary/aromatic N) is 2. The quantitative estimate of drug-likeness (QED) is 0.795. The van der Waals surface area contributed by atoms with Crippen LogP contribution in [0.1, 0.15) is 37.9 Å². The van der Waals surface area contributed by atoms with Gasteiger partial charge in [-0.05, 0) is 24.6 Å². The minimum absolute atomic E-state index is 0.685. The Balaban J connectivity index is 1.92. The maximum atomic E-state index is 5.22. The standard InChI is InChI=1S/C12H21N3OS/c1-16-9-8-15-11(13-14-12(15)17)7-6-10-4-2-3-5-10/h10H,2-9H2,1H3,(H,14,17). The van der Waals surface area contributed by atoms with Gasteiger partial charge in [-0.3, -0.25) is 5.10 Å². The number of rotatable bonds is 6. The highest BCUT2D eigenvalue weighted by Gasteiger charge is 2.16. The predicted octanol–water partition coefficient (Wildman–Crippen LogP) is 2.71. The Kier molecular flexibility index (Phi) is 4.74. The van der Waals surface area contributed by atoms with Gasteiger partial charge in [0.05, 0.1) is 6.61 Å². The van der Waals surface area contributed by atoms with Crippen molar-refractivity contribution in [1.29, 1.82) is 0 Å². The Labute approximate surface area is 107 Å². The number of aromatic amines is 1. The molecule has 1 fully saturated rings. The van der Waals surface area contributed by atoms with Crippen LogP contribution in [0.3, 0.4) is 0 Å². The predicted molar refractivity (Wildman–Crippen MR) is 69.6 cm³/mol. The van der Waals surface area contributed by atoms with Crippen molar-refractivity contribution in [2.45, 2.75) is 45.1 Å². The topological polar surface area (TPSA) is 42.8 Å². The minimum Gasteiger partial charge on any atom is -0.383 e. The number of aryl methyl sites for hydroxylation is 1. The van der Waals surface area contributed by atoms with Gasteiger partial charge in [0.2, 0.25) is 0 Å². The summed E-state index contributed by atoms with van der Waals surface area (Å²) in [6, 6.07) is 0. The molecule has 0 bridgehead atoms. The van der Waals surface area contributed by atoms with Gasteiger partial charge in [-0.15, -0.1) is 0 Å². The van der Waals surface area contributed by atoms with E-state index in [-0.39, 0.29) is 0 Å². The highest BCUT2D eigenvalue weighted by Crippen LogP contribution is 2.28.